The molecular weight excluding hydrogens is 370 g/mol. The van der Waals surface area contributed by atoms with Crippen molar-refractivity contribution in [3.8, 4) is 5.75 Å². The molecule has 5 heteroatoms. The zero-order chi connectivity index (χ0) is 19.6. The van der Waals surface area contributed by atoms with Gasteiger partial charge in [-0.3, -0.25) is 4.79 Å². The van der Waals surface area contributed by atoms with E-state index in [0.717, 1.165) is 36.3 Å². The van der Waals surface area contributed by atoms with Crippen LogP contribution in [0.2, 0.25) is 0 Å². The largest absolute Gasteiger partial charge is 0.494 e. The molecular formula is C23H23NO3S. The topological polar surface area (TPSA) is 55.4 Å². The monoisotopic (exact) mass is 393 g/mol. The summed E-state index contributed by atoms with van der Waals surface area (Å²) >= 11 is 0.496. The maximum Gasteiger partial charge on any atom is 0.224 e. The van der Waals surface area contributed by atoms with Crippen LogP contribution in [0, 0.1) is 0 Å². The molecule has 0 unspecified atom stereocenters. The molecule has 0 saturated heterocycles. The zero-order valence-corrected chi connectivity index (χ0v) is 16.4. The molecule has 1 heterocycles. The summed E-state index contributed by atoms with van der Waals surface area (Å²) in [6.07, 6.45) is 2.89. The maximum absolute atomic E-state index is 11.2. The average molecular weight is 394 g/mol. The third kappa shape index (κ3) is 5.79. The quantitative estimate of drug-likeness (QED) is 0.510. The molecule has 144 valence electrons. The number of aryl methyl sites for hydroxylation is 1. The summed E-state index contributed by atoms with van der Waals surface area (Å²) in [5, 5.41) is 7.09. The minimum absolute atomic E-state index is 0.0711. The molecule has 1 aliphatic heterocycles. The number of hydrogen-bond donors (Lipinski definition) is 1. The lowest BCUT2D eigenvalue weighted by Crippen LogP contribution is -2.18. The fourth-order valence-corrected chi connectivity index (χ4v) is 3.25. The lowest BCUT2D eigenvalue weighted by molar-refractivity contribution is -0.116. The Balaban J connectivity index is 0.000000188. The highest BCUT2D eigenvalue weighted by Gasteiger charge is 2.14. The van der Waals surface area contributed by atoms with Crippen LogP contribution in [-0.4, -0.2) is 22.1 Å². The van der Waals surface area contributed by atoms with Crippen molar-refractivity contribution in [2.24, 2.45) is 0 Å². The number of amides is 1. The van der Waals surface area contributed by atoms with E-state index in [4.69, 9.17) is 4.74 Å². The third-order valence-corrected chi connectivity index (χ3v) is 4.81. The second kappa shape index (κ2) is 10.4. The highest BCUT2D eigenvalue weighted by molar-refractivity contribution is 7.64. The van der Waals surface area contributed by atoms with Crippen LogP contribution >= 0.6 is 0 Å². The van der Waals surface area contributed by atoms with Gasteiger partial charge in [-0.1, -0.05) is 48.5 Å². The Morgan fingerprint density at radius 2 is 1.64 bits per heavy atom. The highest BCUT2D eigenvalue weighted by Crippen LogP contribution is 2.26. The predicted molar refractivity (Wildman–Crippen MR) is 116 cm³/mol. The summed E-state index contributed by atoms with van der Waals surface area (Å²) in [6, 6.07) is 22.4. The Morgan fingerprint density at radius 3 is 2.29 bits per heavy atom. The molecule has 0 aliphatic carbocycles. The lowest BCUT2D eigenvalue weighted by Gasteiger charge is -2.17. The summed E-state index contributed by atoms with van der Waals surface area (Å²) in [4.78, 5) is 11.2. The number of benzene rings is 3. The molecule has 4 nitrogen and oxygen atoms in total. The van der Waals surface area contributed by atoms with Crippen LogP contribution in [0.3, 0.4) is 0 Å². The SMILES string of the molecule is O=S=CCCCOc1ccc2c(c1)CCC(=O)N2.c1ccc2ccccc2c1. The van der Waals surface area contributed by atoms with E-state index >= 15 is 0 Å². The van der Waals surface area contributed by atoms with Crippen LogP contribution in [0.1, 0.15) is 24.8 Å². The van der Waals surface area contributed by atoms with Gasteiger partial charge in [0.25, 0.3) is 0 Å². The van der Waals surface area contributed by atoms with Gasteiger partial charge >= 0.3 is 0 Å². The van der Waals surface area contributed by atoms with Crippen molar-refractivity contribution >= 4 is 39.0 Å². The van der Waals surface area contributed by atoms with E-state index < -0.39 is 0 Å². The molecule has 4 rings (SSSR count). The molecule has 0 spiro atoms. The zero-order valence-electron chi connectivity index (χ0n) is 15.6. The fourth-order valence-electron chi connectivity index (χ4n) is 2.99. The second-order valence-electron chi connectivity index (χ2n) is 6.47. The average Bonchev–Trinajstić information content (AvgIpc) is 2.74. The molecule has 0 fully saturated rings. The number of rotatable bonds is 5. The van der Waals surface area contributed by atoms with E-state index in [1.165, 1.54) is 10.8 Å². The molecule has 1 N–H and O–H groups in total. The first-order chi connectivity index (χ1) is 13.8. The Hall–Kier alpha value is -2.92. The van der Waals surface area contributed by atoms with Crippen molar-refractivity contribution < 1.29 is 13.7 Å². The molecule has 0 aromatic heterocycles. The van der Waals surface area contributed by atoms with Crippen LogP contribution in [0.15, 0.2) is 66.7 Å². The Morgan fingerprint density at radius 1 is 0.964 bits per heavy atom. The smallest absolute Gasteiger partial charge is 0.224 e. The van der Waals surface area contributed by atoms with Gasteiger partial charge in [0.2, 0.25) is 5.91 Å². The number of hydrogen-bond acceptors (Lipinski definition) is 3. The summed E-state index contributed by atoms with van der Waals surface area (Å²) < 4.78 is 15.7. The van der Waals surface area contributed by atoms with Gasteiger partial charge in [0.05, 0.1) is 17.9 Å². The van der Waals surface area contributed by atoms with Gasteiger partial charge in [0.1, 0.15) is 5.75 Å². The lowest BCUT2D eigenvalue weighted by atomic mass is 10.0. The van der Waals surface area contributed by atoms with E-state index in [2.05, 4.69) is 53.8 Å². The van der Waals surface area contributed by atoms with Crippen LogP contribution in [0.5, 0.6) is 5.75 Å². The van der Waals surface area contributed by atoms with Gasteiger partial charge in [0.15, 0.2) is 0 Å². The minimum atomic E-state index is 0.0711. The van der Waals surface area contributed by atoms with Crippen molar-refractivity contribution in [2.75, 3.05) is 11.9 Å². The minimum Gasteiger partial charge on any atom is -0.494 e. The maximum atomic E-state index is 11.2. The number of carbonyl (C=O) groups is 1. The number of unbranched alkanes of at least 4 members (excludes halogenated alkanes) is 1. The summed E-state index contributed by atoms with van der Waals surface area (Å²) in [6.45, 7) is 0.599. The number of carbonyl (C=O) groups excluding carboxylic acids is 1. The molecule has 1 amide bonds. The van der Waals surface area contributed by atoms with Gasteiger partial charge in [-0.15, -0.1) is 0 Å². The molecule has 3 aromatic carbocycles. The van der Waals surface area contributed by atoms with E-state index in [1.807, 2.05) is 18.2 Å². The van der Waals surface area contributed by atoms with E-state index in [1.54, 1.807) is 5.37 Å². The molecule has 0 saturated carbocycles. The van der Waals surface area contributed by atoms with Crippen LogP contribution in [-0.2, 0) is 22.5 Å². The van der Waals surface area contributed by atoms with Gasteiger partial charge in [-0.25, -0.2) is 4.21 Å². The van der Waals surface area contributed by atoms with E-state index in [9.17, 15) is 9.00 Å². The van der Waals surface area contributed by atoms with Gasteiger partial charge < -0.3 is 10.1 Å². The Labute approximate surface area is 168 Å². The molecule has 1 aliphatic rings. The van der Waals surface area contributed by atoms with E-state index in [-0.39, 0.29) is 5.91 Å². The molecule has 28 heavy (non-hydrogen) atoms. The summed E-state index contributed by atoms with van der Waals surface area (Å²) in [5.74, 6) is 0.890. The van der Waals surface area contributed by atoms with Crippen LogP contribution in [0.4, 0.5) is 5.69 Å². The molecule has 0 bridgehead atoms. The van der Waals surface area contributed by atoms with Crippen molar-refractivity contribution in [3.05, 3.63) is 72.3 Å². The Bertz CT molecular complexity index is 931. The van der Waals surface area contributed by atoms with Crippen molar-refractivity contribution in [1.82, 2.24) is 0 Å². The van der Waals surface area contributed by atoms with E-state index in [0.29, 0.717) is 24.3 Å². The normalized spacial score (nSPS) is 12.2. The fraction of sp³-hybridized carbons (Fsp3) is 0.217. The highest BCUT2D eigenvalue weighted by atomic mass is 32.1. The first-order valence-electron chi connectivity index (χ1n) is 9.36. The third-order valence-electron chi connectivity index (χ3n) is 4.43. The van der Waals surface area contributed by atoms with Crippen molar-refractivity contribution in [3.63, 3.8) is 0 Å². The molecule has 3 aromatic rings. The van der Waals surface area contributed by atoms with Gasteiger partial charge in [-0.2, -0.15) is 0 Å². The van der Waals surface area contributed by atoms with Gasteiger partial charge in [0, 0.05) is 17.5 Å². The standard InChI is InChI=1S/C13H15NO3S.C10H8/c15-13-6-3-10-9-11(4-5-12(10)14-13)17-7-1-2-8-18-16;1-2-6-10-8-4-3-7-9(10)5-1/h4-5,8-9H,1-3,6-7H2,(H,14,15);1-8H. The number of nitrogens with one attached hydrogen (secondary N) is 1. The number of fused-ring (bicyclic) bond motifs is 2. The number of anilines is 1. The van der Waals surface area contributed by atoms with Crippen LogP contribution in [0.25, 0.3) is 10.8 Å². The first kappa shape index (κ1) is 19.8. The van der Waals surface area contributed by atoms with Crippen molar-refractivity contribution in [1.29, 1.82) is 0 Å². The number of ether oxygens (including phenoxy) is 1. The molecule has 0 atom stereocenters. The summed E-state index contributed by atoms with van der Waals surface area (Å²) in [5.41, 5.74) is 2.00. The second-order valence-corrected chi connectivity index (χ2v) is 6.99. The Kier molecular flexibility index (Phi) is 7.38. The predicted octanol–water partition coefficient (Wildman–Crippen LogP) is 4.59. The van der Waals surface area contributed by atoms with Crippen molar-refractivity contribution in [2.45, 2.75) is 25.7 Å². The molecule has 0 radical (unpaired) electrons. The first-order valence-corrected chi connectivity index (χ1v) is 10.2. The summed E-state index contributed by atoms with van der Waals surface area (Å²) in [7, 11) is 0. The van der Waals surface area contributed by atoms with Gasteiger partial charge in [-0.05, 0) is 53.8 Å². The van der Waals surface area contributed by atoms with Crippen LogP contribution < -0.4 is 10.1 Å².